The molecule has 0 bridgehead atoms. The molecule has 21 heavy (non-hydrogen) atoms. The third kappa shape index (κ3) is 4.05. The lowest BCUT2D eigenvalue weighted by atomic mass is 10.2. The molecule has 0 N–H and O–H groups in total. The first kappa shape index (κ1) is 15.0. The number of carbonyl (C=O) groups is 2. The average molecular weight is 286 g/mol. The van der Waals surface area contributed by atoms with Crippen molar-refractivity contribution in [2.45, 2.75) is 26.2 Å². The maximum atomic E-state index is 12.0. The molecule has 0 unspecified atom stereocenters. The van der Waals surface area contributed by atoms with Crippen LogP contribution in [0, 0.1) is 0 Å². The van der Waals surface area contributed by atoms with Crippen LogP contribution in [0.1, 0.15) is 36.5 Å². The number of hydrogen-bond acceptors (Lipinski definition) is 4. The summed E-state index contributed by atoms with van der Waals surface area (Å²) in [6, 6.07) is 8.69. The quantitative estimate of drug-likeness (QED) is 0.594. The molecule has 110 valence electrons. The van der Waals surface area contributed by atoms with Crippen molar-refractivity contribution in [3.63, 3.8) is 0 Å². The Morgan fingerprint density at radius 1 is 1.14 bits per heavy atom. The SMILES string of the molecule is CCCCOC(=O)C1=C(OC(=O)c2ccccc2)CC=C1. The number of benzene rings is 1. The van der Waals surface area contributed by atoms with E-state index in [0.29, 0.717) is 29.9 Å². The van der Waals surface area contributed by atoms with Crippen LogP contribution in [0.25, 0.3) is 0 Å². The van der Waals surface area contributed by atoms with Gasteiger partial charge in [0.1, 0.15) is 5.76 Å². The maximum absolute atomic E-state index is 12.0. The van der Waals surface area contributed by atoms with Crippen LogP contribution >= 0.6 is 0 Å². The lowest BCUT2D eigenvalue weighted by molar-refractivity contribution is -0.138. The van der Waals surface area contributed by atoms with Crippen LogP contribution < -0.4 is 0 Å². The van der Waals surface area contributed by atoms with E-state index >= 15 is 0 Å². The summed E-state index contributed by atoms with van der Waals surface area (Å²) in [5.41, 5.74) is 0.783. The Morgan fingerprint density at radius 2 is 1.90 bits per heavy atom. The highest BCUT2D eigenvalue weighted by atomic mass is 16.5. The first-order valence-electron chi connectivity index (χ1n) is 7.06. The molecule has 0 aliphatic heterocycles. The van der Waals surface area contributed by atoms with Crippen LogP contribution in [0.5, 0.6) is 0 Å². The van der Waals surface area contributed by atoms with Crippen LogP contribution in [0.4, 0.5) is 0 Å². The molecule has 1 aromatic rings. The Bertz CT molecular complexity index is 570. The number of allylic oxidation sites excluding steroid dienone is 1. The van der Waals surface area contributed by atoms with Crippen LogP contribution in [0.2, 0.25) is 0 Å². The van der Waals surface area contributed by atoms with E-state index in [1.165, 1.54) is 0 Å². The van der Waals surface area contributed by atoms with Gasteiger partial charge in [-0.05, 0) is 24.6 Å². The first-order valence-corrected chi connectivity index (χ1v) is 7.06. The highest BCUT2D eigenvalue weighted by molar-refractivity contribution is 5.95. The minimum absolute atomic E-state index is 0.329. The van der Waals surface area contributed by atoms with Crippen molar-refractivity contribution in [1.82, 2.24) is 0 Å². The zero-order valence-electron chi connectivity index (χ0n) is 12.0. The molecular weight excluding hydrogens is 268 g/mol. The van der Waals surface area contributed by atoms with Gasteiger partial charge in [-0.15, -0.1) is 0 Å². The molecular formula is C17H18O4. The van der Waals surface area contributed by atoms with E-state index in [1.54, 1.807) is 36.4 Å². The van der Waals surface area contributed by atoms with E-state index in [0.717, 1.165) is 12.8 Å². The molecule has 0 fully saturated rings. The minimum atomic E-state index is -0.465. The predicted molar refractivity (Wildman–Crippen MR) is 78.5 cm³/mol. The Labute approximate surface area is 124 Å². The third-order valence-electron chi connectivity index (χ3n) is 3.06. The predicted octanol–water partition coefficient (Wildman–Crippen LogP) is 3.40. The lowest BCUT2D eigenvalue weighted by Gasteiger charge is -2.08. The van der Waals surface area contributed by atoms with Crippen molar-refractivity contribution in [3.8, 4) is 0 Å². The summed E-state index contributed by atoms with van der Waals surface area (Å²) in [4.78, 5) is 23.9. The molecule has 1 aliphatic rings. The summed E-state index contributed by atoms with van der Waals surface area (Å²) in [6.45, 7) is 2.40. The number of hydrogen-bond donors (Lipinski definition) is 0. The van der Waals surface area contributed by atoms with E-state index in [2.05, 4.69) is 0 Å². The van der Waals surface area contributed by atoms with Gasteiger partial charge in [0.15, 0.2) is 0 Å². The molecule has 0 radical (unpaired) electrons. The molecule has 0 spiro atoms. The van der Waals surface area contributed by atoms with Crippen molar-refractivity contribution in [3.05, 3.63) is 59.4 Å². The standard InChI is InChI=1S/C17H18O4/c1-2-3-12-20-17(19)14-10-7-11-15(14)21-16(18)13-8-5-4-6-9-13/h4-10H,2-3,11-12H2,1H3. The normalized spacial score (nSPS) is 13.4. The van der Waals surface area contributed by atoms with Crippen molar-refractivity contribution >= 4 is 11.9 Å². The van der Waals surface area contributed by atoms with Gasteiger partial charge in [0.2, 0.25) is 0 Å². The fraction of sp³-hybridized carbons (Fsp3) is 0.294. The van der Waals surface area contributed by atoms with E-state index in [-0.39, 0.29) is 0 Å². The van der Waals surface area contributed by atoms with E-state index in [1.807, 2.05) is 13.0 Å². The number of rotatable bonds is 6. The van der Waals surface area contributed by atoms with Crippen molar-refractivity contribution < 1.29 is 19.1 Å². The number of ether oxygens (including phenoxy) is 2. The summed E-state index contributed by atoms with van der Waals surface area (Å²) >= 11 is 0. The minimum Gasteiger partial charge on any atom is -0.462 e. The second-order valence-corrected chi connectivity index (χ2v) is 4.69. The van der Waals surface area contributed by atoms with Gasteiger partial charge in [-0.25, -0.2) is 9.59 Å². The molecule has 0 saturated carbocycles. The summed E-state index contributed by atoms with van der Waals surface area (Å²) in [7, 11) is 0. The van der Waals surface area contributed by atoms with Crippen molar-refractivity contribution in [2.24, 2.45) is 0 Å². The summed E-state index contributed by atoms with van der Waals surface area (Å²) in [5, 5.41) is 0. The monoisotopic (exact) mass is 286 g/mol. The molecule has 4 nitrogen and oxygen atoms in total. The van der Waals surface area contributed by atoms with Gasteiger partial charge in [-0.1, -0.05) is 37.6 Å². The molecule has 0 atom stereocenters. The molecule has 4 heteroatoms. The molecule has 2 rings (SSSR count). The smallest absolute Gasteiger partial charge is 0.343 e. The van der Waals surface area contributed by atoms with E-state index in [4.69, 9.17) is 9.47 Å². The Morgan fingerprint density at radius 3 is 2.62 bits per heavy atom. The zero-order valence-corrected chi connectivity index (χ0v) is 12.0. The number of carbonyl (C=O) groups excluding carboxylic acids is 2. The van der Waals surface area contributed by atoms with Gasteiger partial charge in [0.25, 0.3) is 0 Å². The Balaban J connectivity index is 2.02. The van der Waals surface area contributed by atoms with E-state index in [9.17, 15) is 9.59 Å². The summed E-state index contributed by atoms with van der Waals surface area (Å²) in [6.07, 6.45) is 5.63. The number of esters is 2. The van der Waals surface area contributed by atoms with Gasteiger partial charge in [-0.2, -0.15) is 0 Å². The Hall–Kier alpha value is -2.36. The molecule has 0 heterocycles. The highest BCUT2D eigenvalue weighted by Gasteiger charge is 2.22. The van der Waals surface area contributed by atoms with Gasteiger partial charge < -0.3 is 9.47 Å². The van der Waals surface area contributed by atoms with Crippen molar-refractivity contribution in [2.75, 3.05) is 6.61 Å². The van der Waals surface area contributed by atoms with Gasteiger partial charge in [-0.3, -0.25) is 0 Å². The Kier molecular flexibility index (Phi) is 5.32. The van der Waals surface area contributed by atoms with E-state index < -0.39 is 11.9 Å². The van der Waals surface area contributed by atoms with Gasteiger partial charge >= 0.3 is 11.9 Å². The average Bonchev–Trinajstić information content (AvgIpc) is 2.96. The molecule has 1 aliphatic carbocycles. The first-order chi connectivity index (χ1) is 10.2. The second kappa shape index (κ2) is 7.43. The fourth-order valence-electron chi connectivity index (χ4n) is 1.90. The topological polar surface area (TPSA) is 52.6 Å². The van der Waals surface area contributed by atoms with Crippen LogP contribution in [0.15, 0.2) is 53.8 Å². The molecule has 0 saturated heterocycles. The zero-order chi connectivity index (χ0) is 15.1. The molecule has 1 aromatic carbocycles. The maximum Gasteiger partial charge on any atom is 0.343 e. The third-order valence-corrected chi connectivity index (χ3v) is 3.06. The summed E-state index contributed by atoms with van der Waals surface area (Å²) < 4.78 is 10.5. The van der Waals surface area contributed by atoms with Crippen molar-refractivity contribution in [1.29, 1.82) is 0 Å². The van der Waals surface area contributed by atoms with Crippen LogP contribution in [0.3, 0.4) is 0 Å². The molecule has 0 aromatic heterocycles. The lowest BCUT2D eigenvalue weighted by Crippen LogP contribution is -2.11. The molecule has 0 amide bonds. The highest BCUT2D eigenvalue weighted by Crippen LogP contribution is 2.22. The second-order valence-electron chi connectivity index (χ2n) is 4.69. The largest absolute Gasteiger partial charge is 0.462 e. The fourth-order valence-corrected chi connectivity index (χ4v) is 1.90. The van der Waals surface area contributed by atoms with Crippen LogP contribution in [-0.4, -0.2) is 18.5 Å². The van der Waals surface area contributed by atoms with Gasteiger partial charge in [0.05, 0.1) is 17.7 Å². The van der Waals surface area contributed by atoms with Crippen LogP contribution in [-0.2, 0) is 14.3 Å². The summed E-state index contributed by atoms with van der Waals surface area (Å²) in [5.74, 6) is -0.549. The van der Waals surface area contributed by atoms with Gasteiger partial charge in [0, 0.05) is 6.42 Å². The number of unbranched alkanes of at least 4 members (excludes halogenated alkanes) is 1.